The second kappa shape index (κ2) is 7.14. The van der Waals surface area contributed by atoms with Gasteiger partial charge in [0, 0.05) is 24.7 Å². The molecule has 0 aliphatic carbocycles. The number of hydrogen-bond acceptors (Lipinski definition) is 4. The quantitative estimate of drug-likeness (QED) is 0.850. The van der Waals surface area contributed by atoms with Crippen LogP contribution in [0.2, 0.25) is 0 Å². The number of nitrogens with zero attached hydrogens (tertiary/aromatic N) is 1. The highest BCUT2D eigenvalue weighted by atomic mass is 16.5. The Morgan fingerprint density at radius 1 is 1.00 bits per heavy atom. The van der Waals surface area contributed by atoms with Crippen molar-refractivity contribution in [2.24, 2.45) is 0 Å². The van der Waals surface area contributed by atoms with Crippen LogP contribution in [0.25, 0.3) is 11.1 Å². The van der Waals surface area contributed by atoms with E-state index >= 15 is 0 Å². The van der Waals surface area contributed by atoms with E-state index in [9.17, 15) is 0 Å². The first-order valence-corrected chi connectivity index (χ1v) is 8.34. The monoisotopic (exact) mass is 327 g/mol. The van der Waals surface area contributed by atoms with Gasteiger partial charge in [-0.3, -0.25) is 4.90 Å². The van der Waals surface area contributed by atoms with Gasteiger partial charge in [-0.1, -0.05) is 12.1 Å². The summed E-state index contributed by atoms with van der Waals surface area (Å²) in [6.07, 6.45) is 0. The van der Waals surface area contributed by atoms with Crippen molar-refractivity contribution >= 4 is 0 Å². The lowest BCUT2D eigenvalue weighted by molar-refractivity contribution is 0.187. The smallest absolute Gasteiger partial charge is 0.165 e. The minimum absolute atomic E-state index is 0.482. The van der Waals surface area contributed by atoms with Crippen molar-refractivity contribution in [1.82, 2.24) is 4.90 Å². The normalized spacial score (nSPS) is 14.7. The maximum Gasteiger partial charge on any atom is 0.165 e. The maximum absolute atomic E-state index is 5.99. The van der Waals surface area contributed by atoms with Crippen molar-refractivity contribution in [1.29, 1.82) is 0 Å². The molecule has 1 aliphatic rings. The number of ether oxygens (including phenoxy) is 3. The van der Waals surface area contributed by atoms with E-state index in [1.54, 1.807) is 14.2 Å². The molecule has 0 fully saturated rings. The molecule has 0 bridgehead atoms. The molecule has 0 spiro atoms. The first-order valence-electron chi connectivity index (χ1n) is 8.34. The lowest BCUT2D eigenvalue weighted by Crippen LogP contribution is -2.32. The van der Waals surface area contributed by atoms with Gasteiger partial charge in [0.05, 0.1) is 14.2 Å². The molecule has 0 radical (unpaired) electrons. The number of hydrogen-bond donors (Lipinski definition) is 0. The summed E-state index contributed by atoms with van der Waals surface area (Å²) in [7, 11) is 3.38. The molecule has 0 unspecified atom stereocenters. The average molecular weight is 327 g/mol. The highest BCUT2D eigenvalue weighted by molar-refractivity contribution is 5.70. The number of benzene rings is 2. The van der Waals surface area contributed by atoms with Gasteiger partial charge in [0.25, 0.3) is 0 Å². The molecule has 0 aromatic heterocycles. The molecule has 2 aromatic rings. The standard InChI is InChI=1S/C20H25NO3/c1-14(2)21-9-10-24-20-17(13-21)11-16(12-19(20)23-4)15-5-7-18(22-3)8-6-15/h5-8,11-12,14H,9-10,13H2,1-4H3. The Hall–Kier alpha value is -2.20. The van der Waals surface area contributed by atoms with Gasteiger partial charge in [-0.05, 0) is 49.2 Å². The van der Waals surface area contributed by atoms with Crippen LogP contribution in [0.3, 0.4) is 0 Å². The largest absolute Gasteiger partial charge is 0.497 e. The summed E-state index contributed by atoms with van der Waals surface area (Å²) >= 11 is 0. The lowest BCUT2D eigenvalue weighted by Gasteiger charge is -2.23. The van der Waals surface area contributed by atoms with Crippen LogP contribution < -0.4 is 14.2 Å². The molecule has 0 N–H and O–H groups in total. The second-order valence-corrected chi connectivity index (χ2v) is 6.31. The van der Waals surface area contributed by atoms with Crippen LogP contribution >= 0.6 is 0 Å². The van der Waals surface area contributed by atoms with Crippen LogP contribution in [-0.4, -0.2) is 38.3 Å². The van der Waals surface area contributed by atoms with Crippen LogP contribution in [-0.2, 0) is 6.54 Å². The fraction of sp³-hybridized carbons (Fsp3) is 0.400. The first kappa shape index (κ1) is 16.7. The van der Waals surface area contributed by atoms with E-state index in [1.807, 2.05) is 18.2 Å². The van der Waals surface area contributed by atoms with Crippen LogP contribution in [0.1, 0.15) is 19.4 Å². The molecule has 1 heterocycles. The summed E-state index contributed by atoms with van der Waals surface area (Å²) in [5.74, 6) is 2.52. The highest BCUT2D eigenvalue weighted by Crippen LogP contribution is 2.38. The summed E-state index contributed by atoms with van der Waals surface area (Å²) < 4.78 is 16.8. The molecule has 0 atom stereocenters. The number of methoxy groups -OCH3 is 2. The average Bonchev–Trinajstić information content (AvgIpc) is 2.83. The summed E-state index contributed by atoms with van der Waals surface area (Å²) in [5.41, 5.74) is 3.44. The molecule has 24 heavy (non-hydrogen) atoms. The Labute approximate surface area is 144 Å². The van der Waals surface area contributed by atoms with Gasteiger partial charge >= 0.3 is 0 Å². The maximum atomic E-state index is 5.99. The summed E-state index contributed by atoms with van der Waals surface area (Å²) in [6, 6.07) is 12.8. The van der Waals surface area contributed by atoms with Gasteiger partial charge in [-0.15, -0.1) is 0 Å². The molecule has 0 saturated heterocycles. The molecule has 128 valence electrons. The van der Waals surface area contributed by atoms with Crippen molar-refractivity contribution in [3.8, 4) is 28.4 Å². The molecule has 4 heteroatoms. The molecular weight excluding hydrogens is 302 g/mol. The highest BCUT2D eigenvalue weighted by Gasteiger charge is 2.21. The fourth-order valence-corrected chi connectivity index (χ4v) is 3.05. The van der Waals surface area contributed by atoms with Crippen LogP contribution in [0.15, 0.2) is 36.4 Å². The molecular formula is C20H25NO3. The third-order valence-electron chi connectivity index (χ3n) is 4.50. The molecule has 4 nitrogen and oxygen atoms in total. The Bertz CT molecular complexity index is 695. The third kappa shape index (κ3) is 3.34. The zero-order valence-electron chi connectivity index (χ0n) is 14.8. The third-order valence-corrected chi connectivity index (χ3v) is 4.50. The fourth-order valence-electron chi connectivity index (χ4n) is 3.05. The van der Waals surface area contributed by atoms with Crippen LogP contribution in [0.5, 0.6) is 17.2 Å². The van der Waals surface area contributed by atoms with Crippen molar-refractivity contribution in [2.75, 3.05) is 27.4 Å². The van der Waals surface area contributed by atoms with E-state index in [2.05, 4.69) is 36.9 Å². The number of rotatable bonds is 4. The molecule has 0 saturated carbocycles. The Morgan fingerprint density at radius 2 is 1.75 bits per heavy atom. The summed E-state index contributed by atoms with van der Waals surface area (Å²) in [5, 5.41) is 0. The first-order chi connectivity index (χ1) is 11.6. The summed E-state index contributed by atoms with van der Waals surface area (Å²) in [6.45, 7) is 6.91. The van der Waals surface area contributed by atoms with Gasteiger partial charge < -0.3 is 14.2 Å². The van der Waals surface area contributed by atoms with Gasteiger partial charge in [0.1, 0.15) is 12.4 Å². The molecule has 3 rings (SSSR count). The topological polar surface area (TPSA) is 30.9 Å². The zero-order valence-corrected chi connectivity index (χ0v) is 14.8. The van der Waals surface area contributed by atoms with E-state index in [1.165, 1.54) is 5.56 Å². The van der Waals surface area contributed by atoms with Gasteiger partial charge in [-0.25, -0.2) is 0 Å². The van der Waals surface area contributed by atoms with Crippen molar-refractivity contribution in [3.63, 3.8) is 0 Å². The SMILES string of the molecule is COc1ccc(-c2cc3c(c(OC)c2)OCCN(C(C)C)C3)cc1. The second-order valence-electron chi connectivity index (χ2n) is 6.31. The predicted molar refractivity (Wildman–Crippen MR) is 96.0 cm³/mol. The van der Waals surface area contributed by atoms with Gasteiger partial charge in [0.15, 0.2) is 11.5 Å². The van der Waals surface area contributed by atoms with Crippen molar-refractivity contribution in [2.45, 2.75) is 26.4 Å². The predicted octanol–water partition coefficient (Wildman–Crippen LogP) is 3.97. The van der Waals surface area contributed by atoms with Gasteiger partial charge in [-0.2, -0.15) is 0 Å². The van der Waals surface area contributed by atoms with Crippen LogP contribution in [0, 0.1) is 0 Å². The summed E-state index contributed by atoms with van der Waals surface area (Å²) in [4.78, 5) is 2.42. The lowest BCUT2D eigenvalue weighted by atomic mass is 10.0. The molecule has 0 amide bonds. The van der Waals surface area contributed by atoms with E-state index in [0.717, 1.165) is 41.5 Å². The van der Waals surface area contributed by atoms with E-state index in [0.29, 0.717) is 12.6 Å². The van der Waals surface area contributed by atoms with Gasteiger partial charge in [0.2, 0.25) is 0 Å². The Morgan fingerprint density at radius 3 is 2.38 bits per heavy atom. The molecule has 2 aromatic carbocycles. The van der Waals surface area contributed by atoms with E-state index in [4.69, 9.17) is 14.2 Å². The molecule has 1 aliphatic heterocycles. The number of fused-ring (bicyclic) bond motifs is 1. The van der Waals surface area contributed by atoms with E-state index in [-0.39, 0.29) is 0 Å². The Kier molecular flexibility index (Phi) is 4.95. The van der Waals surface area contributed by atoms with Crippen LogP contribution in [0.4, 0.5) is 0 Å². The van der Waals surface area contributed by atoms with E-state index < -0.39 is 0 Å². The zero-order chi connectivity index (χ0) is 17.1. The Balaban J connectivity index is 2.02. The minimum atomic E-state index is 0.482. The minimum Gasteiger partial charge on any atom is -0.497 e. The van der Waals surface area contributed by atoms with Crippen molar-refractivity contribution in [3.05, 3.63) is 42.0 Å². The van der Waals surface area contributed by atoms with Crippen molar-refractivity contribution < 1.29 is 14.2 Å².